The Hall–Kier alpha value is -1.51. The minimum absolute atomic E-state index is 0.511. The Bertz CT molecular complexity index is 429. The molecule has 0 spiro atoms. The van der Waals surface area contributed by atoms with E-state index in [1.807, 2.05) is 18.2 Å². The predicted molar refractivity (Wildman–Crippen MR) is 64.1 cm³/mol. The van der Waals surface area contributed by atoms with Crippen LogP contribution in [0.3, 0.4) is 0 Å². The van der Waals surface area contributed by atoms with Gasteiger partial charge in [0.25, 0.3) is 0 Å². The number of hydrogen-bond acceptors (Lipinski definition) is 2. The first-order chi connectivity index (χ1) is 7.35. The number of fused-ring (bicyclic) bond motifs is 1. The van der Waals surface area contributed by atoms with Crippen LogP contribution in [0.2, 0.25) is 0 Å². The van der Waals surface area contributed by atoms with Crippen molar-refractivity contribution in [3.05, 3.63) is 24.3 Å². The third kappa shape index (κ3) is 1.96. The second kappa shape index (κ2) is 4.34. The van der Waals surface area contributed by atoms with Crippen LogP contribution in [0.1, 0.15) is 26.7 Å². The number of rotatable bonds is 4. The second-order valence-corrected chi connectivity index (χ2v) is 3.78. The van der Waals surface area contributed by atoms with Crippen LogP contribution in [0, 0.1) is 0 Å². The average molecular weight is 203 g/mol. The molecule has 0 unspecified atom stereocenters. The van der Waals surface area contributed by atoms with Gasteiger partial charge in [0.2, 0.25) is 0 Å². The number of aromatic nitrogens is 2. The van der Waals surface area contributed by atoms with Gasteiger partial charge >= 0.3 is 0 Å². The van der Waals surface area contributed by atoms with Crippen molar-refractivity contribution in [1.29, 1.82) is 0 Å². The monoisotopic (exact) mass is 203 g/mol. The lowest BCUT2D eigenvalue weighted by atomic mass is 10.1. The van der Waals surface area contributed by atoms with Crippen LogP contribution in [0.15, 0.2) is 24.3 Å². The normalized spacial score (nSPS) is 11.1. The zero-order chi connectivity index (χ0) is 10.7. The molecule has 1 aromatic heterocycles. The standard InChI is InChI=1S/C12H17N3/c1-3-9(4-2)13-12-10-7-5-6-8-11(10)14-15-12/h5-9H,3-4H2,1-2H3,(H2,13,14,15). The minimum Gasteiger partial charge on any atom is -0.365 e. The number of benzene rings is 1. The van der Waals surface area contributed by atoms with Crippen LogP contribution in [-0.2, 0) is 0 Å². The largest absolute Gasteiger partial charge is 0.365 e. The van der Waals surface area contributed by atoms with Crippen molar-refractivity contribution >= 4 is 16.7 Å². The summed E-state index contributed by atoms with van der Waals surface area (Å²) in [6.45, 7) is 4.38. The Balaban J connectivity index is 2.28. The maximum absolute atomic E-state index is 4.29. The van der Waals surface area contributed by atoms with E-state index in [4.69, 9.17) is 0 Å². The summed E-state index contributed by atoms with van der Waals surface area (Å²) in [6.07, 6.45) is 2.25. The van der Waals surface area contributed by atoms with Crippen molar-refractivity contribution in [3.8, 4) is 0 Å². The summed E-state index contributed by atoms with van der Waals surface area (Å²) in [6, 6.07) is 8.69. The lowest BCUT2D eigenvalue weighted by Gasteiger charge is -2.13. The molecule has 3 nitrogen and oxygen atoms in total. The number of nitrogens with zero attached hydrogens (tertiary/aromatic N) is 1. The van der Waals surface area contributed by atoms with E-state index < -0.39 is 0 Å². The van der Waals surface area contributed by atoms with Crippen LogP contribution in [0.5, 0.6) is 0 Å². The molecule has 3 heteroatoms. The quantitative estimate of drug-likeness (QED) is 0.801. The molecule has 1 aromatic carbocycles. The van der Waals surface area contributed by atoms with E-state index in [1.54, 1.807) is 0 Å². The maximum atomic E-state index is 4.29. The second-order valence-electron chi connectivity index (χ2n) is 3.78. The highest BCUT2D eigenvalue weighted by molar-refractivity contribution is 5.89. The van der Waals surface area contributed by atoms with Gasteiger partial charge < -0.3 is 5.32 Å². The van der Waals surface area contributed by atoms with Crippen LogP contribution in [-0.4, -0.2) is 16.2 Å². The van der Waals surface area contributed by atoms with Gasteiger partial charge in [0.1, 0.15) is 0 Å². The molecule has 15 heavy (non-hydrogen) atoms. The molecule has 2 N–H and O–H groups in total. The average Bonchev–Trinajstić information content (AvgIpc) is 2.69. The summed E-state index contributed by atoms with van der Waals surface area (Å²) in [7, 11) is 0. The van der Waals surface area contributed by atoms with E-state index >= 15 is 0 Å². The summed E-state index contributed by atoms with van der Waals surface area (Å²) < 4.78 is 0. The highest BCUT2D eigenvalue weighted by Crippen LogP contribution is 2.21. The predicted octanol–water partition coefficient (Wildman–Crippen LogP) is 3.16. The molecule has 0 saturated carbocycles. The molecule has 0 amide bonds. The number of nitrogens with one attached hydrogen (secondary N) is 2. The molecule has 0 saturated heterocycles. The van der Waals surface area contributed by atoms with E-state index in [1.165, 1.54) is 5.39 Å². The van der Waals surface area contributed by atoms with Gasteiger partial charge in [-0.3, -0.25) is 5.10 Å². The number of anilines is 1. The summed E-state index contributed by atoms with van der Waals surface area (Å²) in [5.74, 6) is 0.972. The highest BCUT2D eigenvalue weighted by Gasteiger charge is 2.08. The number of H-pyrrole nitrogens is 1. The molecule has 0 bridgehead atoms. The van der Waals surface area contributed by atoms with Gasteiger partial charge in [-0.05, 0) is 25.0 Å². The first-order valence-electron chi connectivity index (χ1n) is 5.54. The molecular weight excluding hydrogens is 186 g/mol. The molecule has 0 atom stereocenters. The van der Waals surface area contributed by atoms with E-state index in [0.29, 0.717) is 6.04 Å². The first kappa shape index (κ1) is 10.0. The van der Waals surface area contributed by atoms with Crippen molar-refractivity contribution < 1.29 is 0 Å². The topological polar surface area (TPSA) is 40.7 Å². The van der Waals surface area contributed by atoms with Crippen LogP contribution in [0.25, 0.3) is 10.9 Å². The fourth-order valence-electron chi connectivity index (χ4n) is 1.76. The third-order valence-electron chi connectivity index (χ3n) is 2.80. The molecule has 0 aliphatic heterocycles. The lowest BCUT2D eigenvalue weighted by Crippen LogP contribution is -2.17. The van der Waals surface area contributed by atoms with Crippen molar-refractivity contribution in [1.82, 2.24) is 10.2 Å². The van der Waals surface area contributed by atoms with Gasteiger partial charge in [0.05, 0.1) is 5.52 Å². The molecular formula is C12H17N3. The summed E-state index contributed by atoms with van der Waals surface area (Å²) >= 11 is 0. The van der Waals surface area contributed by atoms with Crippen molar-refractivity contribution in [2.75, 3.05) is 5.32 Å². The summed E-state index contributed by atoms with van der Waals surface area (Å²) in [5, 5.41) is 12.0. The van der Waals surface area contributed by atoms with Gasteiger partial charge in [-0.25, -0.2) is 0 Å². The van der Waals surface area contributed by atoms with E-state index in [0.717, 1.165) is 24.2 Å². The smallest absolute Gasteiger partial charge is 0.155 e. The van der Waals surface area contributed by atoms with Crippen molar-refractivity contribution in [2.24, 2.45) is 0 Å². The first-order valence-corrected chi connectivity index (χ1v) is 5.54. The molecule has 1 heterocycles. The van der Waals surface area contributed by atoms with Gasteiger partial charge in [0, 0.05) is 11.4 Å². The van der Waals surface area contributed by atoms with Crippen LogP contribution < -0.4 is 5.32 Å². The lowest BCUT2D eigenvalue weighted by molar-refractivity contribution is 0.669. The molecule has 0 radical (unpaired) electrons. The summed E-state index contributed by atoms with van der Waals surface area (Å²) in [4.78, 5) is 0. The fraction of sp³-hybridized carbons (Fsp3) is 0.417. The minimum atomic E-state index is 0.511. The zero-order valence-electron chi connectivity index (χ0n) is 9.25. The Kier molecular flexibility index (Phi) is 2.90. The van der Waals surface area contributed by atoms with E-state index in [2.05, 4.69) is 35.4 Å². The van der Waals surface area contributed by atoms with Crippen molar-refractivity contribution in [2.45, 2.75) is 32.7 Å². The Labute approximate surface area is 89.9 Å². The molecule has 0 aliphatic rings. The SMILES string of the molecule is CCC(CC)Nc1n[nH]c2ccccc12. The molecule has 0 fully saturated rings. The van der Waals surface area contributed by atoms with E-state index in [-0.39, 0.29) is 0 Å². The van der Waals surface area contributed by atoms with Crippen LogP contribution in [0.4, 0.5) is 5.82 Å². The van der Waals surface area contributed by atoms with Gasteiger partial charge in [0.15, 0.2) is 5.82 Å². The molecule has 0 aliphatic carbocycles. The van der Waals surface area contributed by atoms with E-state index in [9.17, 15) is 0 Å². The fourth-order valence-corrected chi connectivity index (χ4v) is 1.76. The van der Waals surface area contributed by atoms with Gasteiger partial charge in [-0.15, -0.1) is 0 Å². The molecule has 2 aromatic rings. The Morgan fingerprint density at radius 1 is 1.27 bits per heavy atom. The van der Waals surface area contributed by atoms with Gasteiger partial charge in [-0.2, -0.15) is 5.10 Å². The van der Waals surface area contributed by atoms with Crippen LogP contribution >= 0.6 is 0 Å². The maximum Gasteiger partial charge on any atom is 0.155 e. The molecule has 2 rings (SSSR count). The van der Waals surface area contributed by atoms with Crippen molar-refractivity contribution in [3.63, 3.8) is 0 Å². The number of aromatic amines is 1. The number of hydrogen-bond donors (Lipinski definition) is 2. The zero-order valence-corrected chi connectivity index (χ0v) is 9.25. The highest BCUT2D eigenvalue weighted by atomic mass is 15.2. The summed E-state index contributed by atoms with van der Waals surface area (Å²) in [5.41, 5.74) is 1.09. The molecule has 80 valence electrons. The Morgan fingerprint density at radius 2 is 2.00 bits per heavy atom. The van der Waals surface area contributed by atoms with Gasteiger partial charge in [-0.1, -0.05) is 26.0 Å². The Morgan fingerprint density at radius 3 is 2.73 bits per heavy atom. The third-order valence-corrected chi connectivity index (χ3v) is 2.80. The number of para-hydroxylation sites is 1.